The van der Waals surface area contributed by atoms with Crippen molar-refractivity contribution in [1.29, 1.82) is 0 Å². The van der Waals surface area contributed by atoms with Gasteiger partial charge in [0.25, 0.3) is 0 Å². The Morgan fingerprint density at radius 2 is 0.770 bits per heavy atom. The quantitative estimate of drug-likeness (QED) is 0.0934. The maximum Gasteiger partial charge on any atom is 0.322 e. The zero-order chi connectivity index (χ0) is 44.0. The molecule has 0 aromatic rings. The van der Waals surface area contributed by atoms with Crippen LogP contribution in [0.5, 0.6) is 0 Å². The van der Waals surface area contributed by atoms with Gasteiger partial charge in [0.2, 0.25) is 53.2 Å². The lowest BCUT2D eigenvalue weighted by Crippen LogP contribution is -2.56. The summed E-state index contributed by atoms with van der Waals surface area (Å²) in [4.78, 5) is 140. The zero-order valence-electron chi connectivity index (χ0n) is 34.3. The van der Waals surface area contributed by atoms with Gasteiger partial charge >= 0.3 is 5.97 Å². The molecule has 336 valence electrons. The Labute approximate surface area is 359 Å². The lowest BCUT2D eigenvalue weighted by atomic mass is 10.1. The van der Waals surface area contributed by atoms with E-state index in [1.807, 2.05) is 0 Å². The van der Waals surface area contributed by atoms with Gasteiger partial charge in [-0.15, -0.1) is 0 Å². The van der Waals surface area contributed by atoms with Crippen molar-refractivity contribution in [2.45, 2.75) is 119 Å². The number of nitrogens with one attached hydrogen (secondary N) is 3. The molecule has 61 heavy (non-hydrogen) atoms. The van der Waals surface area contributed by atoms with Gasteiger partial charge in [-0.1, -0.05) is 0 Å². The number of carbonyl (C=O) groups is 10. The summed E-state index contributed by atoms with van der Waals surface area (Å²) >= 11 is 4.11. The molecule has 0 saturated carbocycles. The fraction of sp³-hybridized carbons (Fsp3) is 0.744. The van der Waals surface area contributed by atoms with E-state index in [0.717, 1.165) is 0 Å². The lowest BCUT2D eigenvalue weighted by molar-refractivity contribution is -0.148. The van der Waals surface area contributed by atoms with Gasteiger partial charge < -0.3 is 56.2 Å². The molecule has 9 amide bonds. The third kappa shape index (κ3) is 10.1. The number of carbonyl (C=O) groups excluding carboxylic acids is 9. The first-order valence-corrected chi connectivity index (χ1v) is 22.1. The molecular weight excluding hydrogens is 817 g/mol. The average Bonchev–Trinajstić information content (AvgIpc) is 4.12. The van der Waals surface area contributed by atoms with Gasteiger partial charge in [0.15, 0.2) is 0 Å². The molecular formula is C39H58N10O11S. The van der Waals surface area contributed by atoms with Crippen LogP contribution in [0.1, 0.15) is 77.0 Å². The summed E-state index contributed by atoms with van der Waals surface area (Å²) in [5, 5.41) is 16.6. The van der Waals surface area contributed by atoms with Crippen LogP contribution in [-0.2, 0) is 47.9 Å². The van der Waals surface area contributed by atoms with Crippen LogP contribution in [-0.4, -0.2) is 201 Å². The molecule has 0 radical (unpaired) electrons. The van der Waals surface area contributed by atoms with E-state index >= 15 is 0 Å². The highest BCUT2D eigenvalue weighted by atomic mass is 32.1. The van der Waals surface area contributed by atoms with Crippen molar-refractivity contribution in [3.63, 3.8) is 0 Å². The summed E-state index contributed by atoms with van der Waals surface area (Å²) < 4.78 is 0. The number of nitrogens with two attached hydrogens (primary N) is 1. The van der Waals surface area contributed by atoms with Gasteiger partial charge in [0, 0.05) is 45.0 Å². The predicted octanol–water partition coefficient (Wildman–Crippen LogP) is -3.38. The number of likely N-dealkylation sites (tertiary alicyclic amines) is 6. The monoisotopic (exact) mass is 874 g/mol. The van der Waals surface area contributed by atoms with E-state index in [9.17, 15) is 47.9 Å². The molecule has 0 bridgehead atoms. The first-order chi connectivity index (χ1) is 29.2. The van der Waals surface area contributed by atoms with E-state index in [1.54, 1.807) is 0 Å². The predicted molar refractivity (Wildman–Crippen MR) is 217 cm³/mol. The number of rotatable bonds is 14. The van der Waals surface area contributed by atoms with Crippen molar-refractivity contribution in [2.24, 2.45) is 5.73 Å². The van der Waals surface area contributed by atoms with Crippen LogP contribution >= 0.6 is 12.6 Å². The third-order valence-corrected chi connectivity index (χ3v) is 13.2. The molecule has 21 nitrogen and oxygen atoms in total. The maximum absolute atomic E-state index is 13.9. The van der Waals surface area contributed by atoms with Crippen LogP contribution in [0, 0.1) is 0 Å². The van der Waals surface area contributed by atoms with Crippen LogP contribution in [0.4, 0.5) is 0 Å². The van der Waals surface area contributed by atoms with Crippen LogP contribution in [0.3, 0.4) is 0 Å². The van der Waals surface area contributed by atoms with Crippen LogP contribution in [0.25, 0.3) is 0 Å². The number of carboxylic acids is 1. The second-order valence-corrected chi connectivity index (χ2v) is 17.0. The second-order valence-electron chi connectivity index (χ2n) is 16.6. The minimum absolute atomic E-state index is 0.136. The molecule has 7 atom stereocenters. The summed E-state index contributed by atoms with van der Waals surface area (Å²) in [7, 11) is 0. The Hall–Kier alpha value is -4.99. The van der Waals surface area contributed by atoms with Crippen LogP contribution < -0.4 is 21.7 Å². The number of aliphatic carboxylic acids is 1. The smallest absolute Gasteiger partial charge is 0.322 e. The van der Waals surface area contributed by atoms with Crippen LogP contribution in [0.2, 0.25) is 0 Å². The molecule has 0 aromatic heterocycles. The first kappa shape index (κ1) is 45.5. The largest absolute Gasteiger partial charge is 0.480 e. The molecule has 6 N–H and O–H groups in total. The second kappa shape index (κ2) is 20.3. The number of thiol groups is 1. The standard InChI is InChI=1S/C39H58N10O11S/c40-23(22-61)36(57)49-18-6-12-29(49)39(60)48-17-2-8-25(48)34(55)42-20-31(51)44-13-4-10-27(44)37(58)46-15-1-7-24(46)33(54)41-19-30(50)45-14-5-11-28(45)38(59)47-16-3-9-26(47)35(56)43-21-32(52)53/h23-29,61H,1-22,40H2,(H,41,54)(H,42,55)(H,43,56)(H,52,53)/t23-,24-,25-,26-,27-,28-,29-/m0/s1. The molecule has 0 unspecified atom stereocenters. The minimum atomic E-state index is -1.21. The lowest BCUT2D eigenvalue weighted by Gasteiger charge is -2.32. The summed E-state index contributed by atoms with van der Waals surface area (Å²) in [5.41, 5.74) is 5.90. The number of carboxylic acid groups (broad SMARTS) is 1. The Morgan fingerprint density at radius 3 is 1.11 bits per heavy atom. The number of amides is 9. The highest BCUT2D eigenvalue weighted by molar-refractivity contribution is 7.80. The Morgan fingerprint density at radius 1 is 0.475 bits per heavy atom. The fourth-order valence-corrected chi connectivity index (χ4v) is 9.91. The van der Waals surface area contributed by atoms with Gasteiger partial charge in [-0.3, -0.25) is 47.9 Å². The molecule has 22 heteroatoms. The number of hydrogen-bond acceptors (Lipinski definition) is 12. The topological polar surface area (TPSA) is 272 Å². The molecule has 6 rings (SSSR count). The zero-order valence-corrected chi connectivity index (χ0v) is 35.2. The van der Waals surface area contributed by atoms with Gasteiger partial charge in [-0.2, -0.15) is 12.6 Å². The summed E-state index contributed by atoms with van der Waals surface area (Å²) in [6, 6.07) is -5.78. The Bertz CT molecular complexity index is 1770. The number of hydrogen-bond donors (Lipinski definition) is 6. The van der Waals surface area contributed by atoms with Crippen LogP contribution in [0.15, 0.2) is 0 Å². The SMILES string of the molecule is N[C@@H](CS)C(=O)N1CCC[C@H]1C(=O)N1CCC[C@H]1C(=O)NCC(=O)N1CCC[C@H]1C(=O)N1CCC[C@H]1C(=O)NCC(=O)N1CCC[C@H]1C(=O)N1CCC[C@H]1C(=O)NCC(=O)O. The average molecular weight is 875 g/mol. The van der Waals surface area contributed by atoms with Crippen molar-refractivity contribution < 1.29 is 53.1 Å². The molecule has 6 aliphatic heterocycles. The molecule has 6 heterocycles. The van der Waals surface area contributed by atoms with E-state index < -0.39 is 109 Å². The van der Waals surface area contributed by atoms with Crippen molar-refractivity contribution in [1.82, 2.24) is 45.3 Å². The van der Waals surface area contributed by atoms with E-state index in [4.69, 9.17) is 10.8 Å². The molecule has 6 fully saturated rings. The Kier molecular flexibility index (Phi) is 15.1. The normalized spacial score (nSPS) is 26.7. The maximum atomic E-state index is 13.9. The summed E-state index contributed by atoms with van der Waals surface area (Å²) in [6.45, 7) is 0.468. The van der Waals surface area contributed by atoms with Crippen molar-refractivity contribution >= 4 is 71.8 Å². The minimum Gasteiger partial charge on any atom is -0.480 e. The molecule has 6 aliphatic rings. The highest BCUT2D eigenvalue weighted by Gasteiger charge is 2.46. The van der Waals surface area contributed by atoms with E-state index in [2.05, 4.69) is 28.6 Å². The molecule has 0 aromatic carbocycles. The van der Waals surface area contributed by atoms with Crippen molar-refractivity contribution in [3.8, 4) is 0 Å². The van der Waals surface area contributed by atoms with Gasteiger partial charge in [-0.25, -0.2) is 0 Å². The highest BCUT2D eigenvalue weighted by Crippen LogP contribution is 2.28. The fourth-order valence-electron chi connectivity index (χ4n) is 9.75. The Balaban J connectivity index is 0.986. The van der Waals surface area contributed by atoms with Crippen molar-refractivity contribution in [3.05, 3.63) is 0 Å². The molecule has 0 aliphatic carbocycles. The summed E-state index contributed by atoms with van der Waals surface area (Å²) in [5.74, 6) is -5.13. The van der Waals surface area contributed by atoms with E-state index in [0.29, 0.717) is 96.7 Å². The van der Waals surface area contributed by atoms with Gasteiger partial charge in [0.1, 0.15) is 42.8 Å². The first-order valence-electron chi connectivity index (χ1n) is 21.5. The molecule has 6 saturated heterocycles. The number of nitrogens with zero attached hydrogens (tertiary/aromatic N) is 6. The van der Waals surface area contributed by atoms with E-state index in [-0.39, 0.29) is 37.2 Å². The third-order valence-electron chi connectivity index (χ3n) is 12.8. The summed E-state index contributed by atoms with van der Waals surface area (Å²) in [6.07, 6.45) is 5.67. The van der Waals surface area contributed by atoms with Gasteiger partial charge in [-0.05, 0) is 77.0 Å². The van der Waals surface area contributed by atoms with Crippen molar-refractivity contribution in [2.75, 3.05) is 64.7 Å². The van der Waals surface area contributed by atoms with Gasteiger partial charge in [0.05, 0.1) is 19.1 Å². The molecule has 0 spiro atoms. The van der Waals surface area contributed by atoms with E-state index in [1.165, 1.54) is 29.4 Å².